The van der Waals surface area contributed by atoms with Gasteiger partial charge in [0.05, 0.1) is 17.8 Å². The van der Waals surface area contributed by atoms with Crippen molar-refractivity contribution < 1.29 is 9.90 Å². The molecule has 6 heteroatoms. The first kappa shape index (κ1) is 13.2. The van der Waals surface area contributed by atoms with Crippen LogP contribution in [-0.2, 0) is 0 Å². The average molecular weight is 238 g/mol. The fraction of sp³-hybridized carbons (Fsp3) is 0.455. The normalized spacial score (nSPS) is 11.3. The van der Waals surface area contributed by atoms with Gasteiger partial charge in [-0.2, -0.15) is 0 Å². The summed E-state index contributed by atoms with van der Waals surface area (Å²) in [4.78, 5) is 16.9. The number of anilines is 2. The van der Waals surface area contributed by atoms with Gasteiger partial charge in [0.15, 0.2) is 5.82 Å². The predicted molar refractivity (Wildman–Crippen MR) is 66.7 cm³/mol. The largest absolute Gasteiger partial charge is 0.396 e. The second kappa shape index (κ2) is 4.58. The molecule has 0 saturated carbocycles. The van der Waals surface area contributed by atoms with Gasteiger partial charge in [-0.15, -0.1) is 0 Å². The van der Waals surface area contributed by atoms with E-state index in [9.17, 15) is 9.90 Å². The van der Waals surface area contributed by atoms with Crippen LogP contribution in [0, 0.1) is 0 Å². The van der Waals surface area contributed by atoms with Crippen LogP contribution in [0.2, 0.25) is 0 Å². The number of hydrogen-bond acceptors (Lipinski definition) is 5. The van der Waals surface area contributed by atoms with Gasteiger partial charge in [0.2, 0.25) is 0 Å². The molecule has 0 radical (unpaired) electrons. The summed E-state index contributed by atoms with van der Waals surface area (Å²) in [6, 6.07) is 3.05. The number of nitrogen functional groups attached to an aromatic ring is 1. The SMILES string of the molecule is CN(c1nc(C(N)=O)ccc1N)C(C)(C)CO. The lowest BCUT2D eigenvalue weighted by molar-refractivity contribution is 0.0995. The summed E-state index contributed by atoms with van der Waals surface area (Å²) in [5, 5.41) is 9.29. The Labute approximate surface area is 100 Å². The van der Waals surface area contributed by atoms with E-state index in [2.05, 4.69) is 4.98 Å². The van der Waals surface area contributed by atoms with Crippen molar-refractivity contribution in [3.05, 3.63) is 17.8 Å². The summed E-state index contributed by atoms with van der Waals surface area (Å²) in [6.07, 6.45) is 0. The van der Waals surface area contributed by atoms with Crippen LogP contribution in [0.1, 0.15) is 24.3 Å². The third-order valence-corrected chi connectivity index (χ3v) is 2.77. The van der Waals surface area contributed by atoms with Gasteiger partial charge in [0, 0.05) is 7.05 Å². The molecular weight excluding hydrogens is 220 g/mol. The van der Waals surface area contributed by atoms with E-state index in [0.29, 0.717) is 11.5 Å². The van der Waals surface area contributed by atoms with Crippen LogP contribution in [0.25, 0.3) is 0 Å². The fourth-order valence-corrected chi connectivity index (χ4v) is 1.26. The van der Waals surface area contributed by atoms with E-state index in [1.54, 1.807) is 18.0 Å². The summed E-state index contributed by atoms with van der Waals surface area (Å²) in [7, 11) is 1.75. The molecule has 6 nitrogen and oxygen atoms in total. The third kappa shape index (κ3) is 2.65. The minimum Gasteiger partial charge on any atom is -0.396 e. The maximum atomic E-state index is 11.1. The Balaban J connectivity index is 3.21. The number of aliphatic hydroxyl groups is 1. The second-order valence-electron chi connectivity index (χ2n) is 4.50. The van der Waals surface area contributed by atoms with Gasteiger partial charge in [0.25, 0.3) is 5.91 Å². The van der Waals surface area contributed by atoms with Crippen molar-refractivity contribution in [2.45, 2.75) is 19.4 Å². The molecule has 0 spiro atoms. The molecule has 1 aromatic heterocycles. The Bertz CT molecular complexity index is 431. The van der Waals surface area contributed by atoms with Gasteiger partial charge in [-0.3, -0.25) is 4.79 Å². The topological polar surface area (TPSA) is 105 Å². The first-order valence-electron chi connectivity index (χ1n) is 5.20. The molecule has 0 aromatic carbocycles. The van der Waals surface area contributed by atoms with Crippen molar-refractivity contribution in [1.82, 2.24) is 4.98 Å². The van der Waals surface area contributed by atoms with Gasteiger partial charge < -0.3 is 21.5 Å². The molecular formula is C11H18N4O2. The molecule has 0 saturated heterocycles. The molecule has 1 aromatic rings. The van der Waals surface area contributed by atoms with E-state index in [1.165, 1.54) is 6.07 Å². The van der Waals surface area contributed by atoms with E-state index < -0.39 is 11.4 Å². The van der Waals surface area contributed by atoms with Gasteiger partial charge in [0.1, 0.15) is 5.69 Å². The summed E-state index contributed by atoms with van der Waals surface area (Å²) < 4.78 is 0. The number of hydrogen-bond donors (Lipinski definition) is 3. The zero-order valence-corrected chi connectivity index (χ0v) is 10.3. The second-order valence-corrected chi connectivity index (χ2v) is 4.50. The number of carbonyl (C=O) groups is 1. The number of carbonyl (C=O) groups excluding carboxylic acids is 1. The summed E-state index contributed by atoms with van der Waals surface area (Å²) >= 11 is 0. The monoisotopic (exact) mass is 238 g/mol. The molecule has 94 valence electrons. The molecule has 0 atom stereocenters. The van der Waals surface area contributed by atoms with E-state index in [4.69, 9.17) is 11.5 Å². The Hall–Kier alpha value is -1.82. The lowest BCUT2D eigenvalue weighted by atomic mass is 10.1. The first-order valence-corrected chi connectivity index (χ1v) is 5.20. The Morgan fingerprint density at radius 2 is 2.12 bits per heavy atom. The highest BCUT2D eigenvalue weighted by Gasteiger charge is 2.25. The van der Waals surface area contributed by atoms with Crippen LogP contribution in [0.3, 0.4) is 0 Å². The Morgan fingerprint density at radius 1 is 1.53 bits per heavy atom. The molecule has 0 aliphatic rings. The van der Waals surface area contributed by atoms with E-state index >= 15 is 0 Å². The van der Waals surface area contributed by atoms with Crippen LogP contribution in [0.5, 0.6) is 0 Å². The van der Waals surface area contributed by atoms with Crippen molar-refractivity contribution in [3.63, 3.8) is 0 Å². The molecule has 0 unspecified atom stereocenters. The predicted octanol–water partition coefficient (Wildman–Crippen LogP) is -0.0302. The van der Waals surface area contributed by atoms with Crippen molar-refractivity contribution in [2.75, 3.05) is 24.3 Å². The number of likely N-dealkylation sites (N-methyl/N-ethyl adjacent to an activating group) is 1. The zero-order chi connectivity index (χ0) is 13.2. The van der Waals surface area contributed by atoms with E-state index in [1.807, 2.05) is 13.8 Å². The maximum absolute atomic E-state index is 11.1. The molecule has 0 bridgehead atoms. The van der Waals surface area contributed by atoms with Crippen molar-refractivity contribution >= 4 is 17.4 Å². The molecule has 1 rings (SSSR count). The lowest BCUT2D eigenvalue weighted by Gasteiger charge is -2.35. The van der Waals surface area contributed by atoms with Crippen molar-refractivity contribution in [2.24, 2.45) is 5.73 Å². The molecule has 0 fully saturated rings. The maximum Gasteiger partial charge on any atom is 0.267 e. The first-order chi connectivity index (χ1) is 7.79. The number of pyridine rings is 1. The molecule has 1 amide bonds. The van der Waals surface area contributed by atoms with Crippen LogP contribution in [0.15, 0.2) is 12.1 Å². The average Bonchev–Trinajstić information content (AvgIpc) is 2.28. The highest BCUT2D eigenvalue weighted by molar-refractivity contribution is 5.91. The number of amides is 1. The zero-order valence-electron chi connectivity index (χ0n) is 10.3. The van der Waals surface area contributed by atoms with Crippen molar-refractivity contribution in [3.8, 4) is 0 Å². The standard InChI is InChI=1S/C11H18N4O2/c1-11(2,6-16)15(3)10-7(12)4-5-8(14-10)9(13)17/h4-5,16H,6,12H2,1-3H3,(H2,13,17). The van der Waals surface area contributed by atoms with Gasteiger partial charge >= 0.3 is 0 Å². The summed E-state index contributed by atoms with van der Waals surface area (Å²) in [6.45, 7) is 3.61. The van der Waals surface area contributed by atoms with Gasteiger partial charge in [-0.25, -0.2) is 4.98 Å². The van der Waals surface area contributed by atoms with E-state index in [0.717, 1.165) is 0 Å². The van der Waals surface area contributed by atoms with Crippen LogP contribution in [-0.4, -0.2) is 35.2 Å². The molecule has 1 heterocycles. The number of nitrogens with zero attached hydrogens (tertiary/aromatic N) is 2. The summed E-state index contributed by atoms with van der Waals surface area (Å²) in [5.41, 5.74) is 11.0. The van der Waals surface area contributed by atoms with E-state index in [-0.39, 0.29) is 12.3 Å². The van der Waals surface area contributed by atoms with Crippen LogP contribution < -0.4 is 16.4 Å². The quantitative estimate of drug-likeness (QED) is 0.683. The van der Waals surface area contributed by atoms with Gasteiger partial charge in [-0.05, 0) is 26.0 Å². The Morgan fingerprint density at radius 3 is 2.59 bits per heavy atom. The number of aliphatic hydroxyl groups excluding tert-OH is 1. The van der Waals surface area contributed by atoms with Crippen molar-refractivity contribution in [1.29, 1.82) is 0 Å². The number of rotatable bonds is 4. The summed E-state index contributed by atoms with van der Waals surface area (Å²) in [5.74, 6) is -0.179. The molecule has 5 N–H and O–H groups in total. The lowest BCUT2D eigenvalue weighted by Crippen LogP contribution is -2.45. The van der Waals surface area contributed by atoms with Crippen LogP contribution in [0.4, 0.5) is 11.5 Å². The van der Waals surface area contributed by atoms with Gasteiger partial charge in [-0.1, -0.05) is 0 Å². The molecule has 0 aliphatic heterocycles. The highest BCUT2D eigenvalue weighted by Crippen LogP contribution is 2.25. The number of nitrogens with two attached hydrogens (primary N) is 2. The fourth-order valence-electron chi connectivity index (χ4n) is 1.26. The minimum absolute atomic E-state index is 0.0641. The number of primary amides is 1. The minimum atomic E-state index is -0.610. The Kier molecular flexibility index (Phi) is 3.57. The van der Waals surface area contributed by atoms with Crippen LogP contribution >= 0.6 is 0 Å². The molecule has 0 aliphatic carbocycles. The third-order valence-electron chi connectivity index (χ3n) is 2.77. The molecule has 17 heavy (non-hydrogen) atoms. The number of aromatic nitrogens is 1. The highest BCUT2D eigenvalue weighted by atomic mass is 16.3. The smallest absolute Gasteiger partial charge is 0.267 e.